The summed E-state index contributed by atoms with van der Waals surface area (Å²) < 4.78 is 1.83. The van der Waals surface area contributed by atoms with Crippen LogP contribution in [-0.2, 0) is 13.6 Å². The van der Waals surface area contributed by atoms with Crippen LogP contribution in [0.5, 0.6) is 0 Å². The highest BCUT2D eigenvalue weighted by atomic mass is 35.5. The Kier molecular flexibility index (Phi) is 4.10. The molecule has 1 heterocycles. The third-order valence-corrected chi connectivity index (χ3v) is 2.58. The molecule has 0 radical (unpaired) electrons. The molecule has 0 bridgehead atoms. The largest absolute Gasteiger partial charge is 0.325 e. The summed E-state index contributed by atoms with van der Waals surface area (Å²) >= 11 is 0. The van der Waals surface area contributed by atoms with E-state index >= 15 is 0 Å². The minimum absolute atomic E-state index is 0. The monoisotopic (exact) mass is 237 g/mol. The molecule has 86 valence electrons. The number of nitrogens with two attached hydrogens (primary N) is 1. The molecule has 0 atom stereocenters. The standard InChI is InChI=1S/C12H15N3.ClH/c1-9-4-3-5-10(6-9)11-8-14-15(2)12(11)7-13;/h3-6,8H,7,13H2,1-2H3;1H. The summed E-state index contributed by atoms with van der Waals surface area (Å²) in [6.07, 6.45) is 1.87. The predicted octanol–water partition coefficient (Wildman–Crippen LogP) is 2.28. The van der Waals surface area contributed by atoms with E-state index in [1.165, 1.54) is 11.1 Å². The molecule has 0 saturated heterocycles. The molecule has 2 N–H and O–H groups in total. The van der Waals surface area contributed by atoms with Gasteiger partial charge >= 0.3 is 0 Å². The van der Waals surface area contributed by atoms with Crippen LogP contribution in [0.1, 0.15) is 11.3 Å². The maximum absolute atomic E-state index is 5.71. The quantitative estimate of drug-likeness (QED) is 0.871. The summed E-state index contributed by atoms with van der Waals surface area (Å²) in [5, 5.41) is 4.23. The fourth-order valence-corrected chi connectivity index (χ4v) is 1.76. The Bertz CT molecular complexity index is 477. The lowest BCUT2D eigenvalue weighted by molar-refractivity contribution is 0.713. The van der Waals surface area contributed by atoms with E-state index in [0.717, 1.165) is 11.3 Å². The van der Waals surface area contributed by atoms with Crippen molar-refractivity contribution in [3.8, 4) is 11.1 Å². The molecule has 0 fully saturated rings. The molecule has 0 amide bonds. The van der Waals surface area contributed by atoms with Crippen LogP contribution in [0, 0.1) is 6.92 Å². The fourth-order valence-electron chi connectivity index (χ4n) is 1.76. The lowest BCUT2D eigenvalue weighted by Gasteiger charge is -2.04. The van der Waals surface area contributed by atoms with Crippen molar-refractivity contribution in [3.05, 3.63) is 41.7 Å². The Balaban J connectivity index is 0.00000128. The van der Waals surface area contributed by atoms with Gasteiger partial charge in [-0.3, -0.25) is 4.68 Å². The van der Waals surface area contributed by atoms with Crippen LogP contribution < -0.4 is 5.73 Å². The van der Waals surface area contributed by atoms with E-state index in [4.69, 9.17) is 5.73 Å². The van der Waals surface area contributed by atoms with Gasteiger partial charge in [0.25, 0.3) is 0 Å². The summed E-state index contributed by atoms with van der Waals surface area (Å²) in [4.78, 5) is 0. The van der Waals surface area contributed by atoms with Crippen LogP contribution in [0.15, 0.2) is 30.5 Å². The van der Waals surface area contributed by atoms with Crippen molar-refractivity contribution in [1.29, 1.82) is 0 Å². The number of hydrogen-bond acceptors (Lipinski definition) is 2. The SMILES string of the molecule is Cc1cccc(-c2cnn(C)c2CN)c1.Cl. The molecule has 2 aromatic rings. The number of aryl methyl sites for hydroxylation is 2. The molecule has 0 aliphatic carbocycles. The molecule has 16 heavy (non-hydrogen) atoms. The molecular weight excluding hydrogens is 222 g/mol. The van der Waals surface area contributed by atoms with Gasteiger partial charge in [-0.25, -0.2) is 0 Å². The molecule has 0 aliphatic heterocycles. The van der Waals surface area contributed by atoms with Gasteiger partial charge in [-0.15, -0.1) is 12.4 Å². The highest BCUT2D eigenvalue weighted by Gasteiger charge is 2.08. The van der Waals surface area contributed by atoms with Crippen LogP contribution >= 0.6 is 12.4 Å². The molecule has 2 rings (SSSR count). The van der Waals surface area contributed by atoms with Crippen molar-refractivity contribution in [2.45, 2.75) is 13.5 Å². The Hall–Kier alpha value is -1.32. The zero-order chi connectivity index (χ0) is 10.8. The third-order valence-electron chi connectivity index (χ3n) is 2.58. The lowest BCUT2D eigenvalue weighted by atomic mass is 10.0. The lowest BCUT2D eigenvalue weighted by Crippen LogP contribution is -2.05. The van der Waals surface area contributed by atoms with Gasteiger partial charge in [-0.1, -0.05) is 29.8 Å². The van der Waals surface area contributed by atoms with E-state index in [1.807, 2.05) is 17.9 Å². The van der Waals surface area contributed by atoms with E-state index in [1.54, 1.807) is 0 Å². The molecule has 3 nitrogen and oxygen atoms in total. The first kappa shape index (κ1) is 12.7. The predicted molar refractivity (Wildman–Crippen MR) is 68.5 cm³/mol. The first-order valence-corrected chi connectivity index (χ1v) is 5.00. The minimum Gasteiger partial charge on any atom is -0.325 e. The van der Waals surface area contributed by atoms with Crippen molar-refractivity contribution in [3.63, 3.8) is 0 Å². The van der Waals surface area contributed by atoms with E-state index in [2.05, 4.69) is 36.3 Å². The van der Waals surface area contributed by atoms with Gasteiger partial charge in [0.1, 0.15) is 0 Å². The van der Waals surface area contributed by atoms with Crippen LogP contribution in [0.3, 0.4) is 0 Å². The highest BCUT2D eigenvalue weighted by molar-refractivity contribution is 5.85. The number of halogens is 1. The van der Waals surface area contributed by atoms with Gasteiger partial charge in [0.15, 0.2) is 0 Å². The molecule has 0 aliphatic rings. The Morgan fingerprint density at radius 2 is 2.12 bits per heavy atom. The Morgan fingerprint density at radius 3 is 2.75 bits per heavy atom. The van der Waals surface area contributed by atoms with Crippen LogP contribution in [-0.4, -0.2) is 9.78 Å². The fraction of sp³-hybridized carbons (Fsp3) is 0.250. The maximum Gasteiger partial charge on any atom is 0.0594 e. The number of nitrogens with zero attached hydrogens (tertiary/aromatic N) is 2. The van der Waals surface area contributed by atoms with Crippen LogP contribution in [0.2, 0.25) is 0 Å². The summed E-state index contributed by atoms with van der Waals surface area (Å²) in [7, 11) is 1.92. The topological polar surface area (TPSA) is 43.8 Å². The second-order valence-corrected chi connectivity index (χ2v) is 3.70. The van der Waals surface area contributed by atoms with Crippen molar-refractivity contribution in [2.24, 2.45) is 12.8 Å². The van der Waals surface area contributed by atoms with Gasteiger partial charge in [-0.2, -0.15) is 5.10 Å². The molecule has 4 heteroatoms. The van der Waals surface area contributed by atoms with E-state index < -0.39 is 0 Å². The molecule has 0 unspecified atom stereocenters. The van der Waals surface area contributed by atoms with Crippen molar-refractivity contribution in [1.82, 2.24) is 9.78 Å². The Morgan fingerprint density at radius 1 is 1.38 bits per heavy atom. The summed E-state index contributed by atoms with van der Waals surface area (Å²) in [5.74, 6) is 0. The molecule has 1 aromatic heterocycles. The Labute approximate surface area is 102 Å². The number of rotatable bonds is 2. The number of benzene rings is 1. The second kappa shape index (κ2) is 5.14. The van der Waals surface area contributed by atoms with Gasteiger partial charge in [-0.05, 0) is 12.5 Å². The normalized spacial score (nSPS) is 9.94. The number of hydrogen-bond donors (Lipinski definition) is 1. The summed E-state index contributed by atoms with van der Waals surface area (Å²) in [5.41, 5.74) is 10.3. The first-order chi connectivity index (χ1) is 7.22. The zero-order valence-electron chi connectivity index (χ0n) is 9.47. The average Bonchev–Trinajstić information content (AvgIpc) is 2.59. The van der Waals surface area contributed by atoms with Gasteiger partial charge in [0.05, 0.1) is 11.9 Å². The van der Waals surface area contributed by atoms with Gasteiger partial charge < -0.3 is 5.73 Å². The third kappa shape index (κ3) is 2.26. The molecule has 0 spiro atoms. The maximum atomic E-state index is 5.71. The zero-order valence-corrected chi connectivity index (χ0v) is 10.3. The molecular formula is C12H16ClN3. The average molecular weight is 238 g/mol. The molecule has 1 aromatic carbocycles. The van der Waals surface area contributed by atoms with Crippen molar-refractivity contribution >= 4 is 12.4 Å². The van der Waals surface area contributed by atoms with Crippen molar-refractivity contribution < 1.29 is 0 Å². The second-order valence-electron chi connectivity index (χ2n) is 3.70. The number of aromatic nitrogens is 2. The van der Waals surface area contributed by atoms with Crippen LogP contribution in [0.25, 0.3) is 11.1 Å². The van der Waals surface area contributed by atoms with Crippen LogP contribution in [0.4, 0.5) is 0 Å². The van der Waals surface area contributed by atoms with Gasteiger partial charge in [0.2, 0.25) is 0 Å². The highest BCUT2D eigenvalue weighted by Crippen LogP contribution is 2.23. The smallest absolute Gasteiger partial charge is 0.0594 e. The first-order valence-electron chi connectivity index (χ1n) is 5.00. The van der Waals surface area contributed by atoms with E-state index in [0.29, 0.717) is 6.54 Å². The minimum atomic E-state index is 0. The van der Waals surface area contributed by atoms with E-state index in [-0.39, 0.29) is 12.4 Å². The van der Waals surface area contributed by atoms with Crippen molar-refractivity contribution in [2.75, 3.05) is 0 Å². The van der Waals surface area contributed by atoms with E-state index in [9.17, 15) is 0 Å². The molecule has 0 saturated carbocycles. The van der Waals surface area contributed by atoms with Gasteiger partial charge in [0, 0.05) is 19.2 Å². The summed E-state index contributed by atoms with van der Waals surface area (Å²) in [6.45, 7) is 2.60. The summed E-state index contributed by atoms with van der Waals surface area (Å²) in [6, 6.07) is 8.37.